The molecule has 0 atom stereocenters. The molecule has 0 nitrogen and oxygen atoms in total. The van der Waals surface area contributed by atoms with E-state index in [4.69, 9.17) is 0 Å². The summed E-state index contributed by atoms with van der Waals surface area (Å²) in [5.41, 5.74) is 3.21. The second-order valence-corrected chi connectivity index (χ2v) is 7.69. The summed E-state index contributed by atoms with van der Waals surface area (Å²) in [6.45, 7) is 6.91. The highest BCUT2D eigenvalue weighted by Crippen LogP contribution is 2.31. The second kappa shape index (κ2) is 15.5. The Bertz CT molecular complexity index is 394. The third kappa shape index (κ3) is 10.1. The van der Waals surface area contributed by atoms with Crippen LogP contribution in [0.3, 0.4) is 0 Å². The molecule has 0 bridgehead atoms. The van der Waals surface area contributed by atoms with Crippen LogP contribution < -0.4 is 0 Å². The van der Waals surface area contributed by atoms with Gasteiger partial charge in [-0.3, -0.25) is 0 Å². The van der Waals surface area contributed by atoms with E-state index in [0.717, 1.165) is 0 Å². The van der Waals surface area contributed by atoms with Gasteiger partial charge in [-0.1, -0.05) is 116 Å². The molecule has 1 rings (SSSR count). The first-order chi connectivity index (χ1) is 12.3. The van der Waals surface area contributed by atoms with Crippen molar-refractivity contribution in [3.8, 4) is 0 Å². The third-order valence-electron chi connectivity index (χ3n) is 5.36. The van der Waals surface area contributed by atoms with Crippen LogP contribution >= 0.6 is 0 Å². The number of unbranched alkanes of at least 4 members (excludes halogenated alkanes) is 9. The van der Waals surface area contributed by atoms with Gasteiger partial charge in [-0.05, 0) is 36.8 Å². The predicted molar refractivity (Wildman–Crippen MR) is 114 cm³/mol. The minimum Gasteiger partial charge on any atom is -0.0654 e. The van der Waals surface area contributed by atoms with Crippen molar-refractivity contribution >= 4 is 0 Å². The van der Waals surface area contributed by atoms with E-state index >= 15 is 0 Å². The molecule has 0 aliphatic rings. The highest BCUT2D eigenvalue weighted by molar-refractivity contribution is 5.38. The van der Waals surface area contributed by atoms with Gasteiger partial charge in [-0.2, -0.15) is 0 Å². The van der Waals surface area contributed by atoms with E-state index in [-0.39, 0.29) is 0 Å². The van der Waals surface area contributed by atoms with Gasteiger partial charge >= 0.3 is 0 Å². The first-order valence-corrected chi connectivity index (χ1v) is 11.3. The van der Waals surface area contributed by atoms with Crippen molar-refractivity contribution in [1.29, 1.82) is 0 Å². The molecule has 0 aliphatic carbocycles. The third-order valence-corrected chi connectivity index (χ3v) is 5.36. The summed E-state index contributed by atoms with van der Waals surface area (Å²) >= 11 is 0. The molecule has 1 radical (unpaired) electrons. The maximum absolute atomic E-state index is 2.41. The standard InChI is InChI=1S/C25H43/c1-4-7-10-13-18-23(19-14-11-8-5-2)25-22-17-16-21-24(25)20-15-12-9-6-3/h16-17,21-22H,4-15,18-20H2,1-3H3. The van der Waals surface area contributed by atoms with Gasteiger partial charge in [0.15, 0.2) is 0 Å². The quantitative estimate of drug-likeness (QED) is 0.263. The van der Waals surface area contributed by atoms with Crippen molar-refractivity contribution in [3.05, 3.63) is 41.3 Å². The number of hydrogen-bond donors (Lipinski definition) is 0. The lowest BCUT2D eigenvalue weighted by atomic mass is 9.84. The van der Waals surface area contributed by atoms with Gasteiger partial charge in [0.2, 0.25) is 0 Å². The summed E-state index contributed by atoms with van der Waals surface area (Å²) in [5.74, 6) is 1.75. The van der Waals surface area contributed by atoms with E-state index < -0.39 is 0 Å². The summed E-state index contributed by atoms with van der Waals surface area (Å²) in [5, 5.41) is 0. The van der Waals surface area contributed by atoms with Crippen molar-refractivity contribution in [2.45, 2.75) is 117 Å². The lowest BCUT2D eigenvalue weighted by molar-refractivity contribution is 0.588. The molecule has 0 fully saturated rings. The lowest BCUT2D eigenvalue weighted by Gasteiger charge is -2.20. The molecule has 0 spiro atoms. The molecule has 0 amide bonds. The van der Waals surface area contributed by atoms with Gasteiger partial charge in [-0.25, -0.2) is 0 Å². The molecule has 0 aliphatic heterocycles. The van der Waals surface area contributed by atoms with Gasteiger partial charge in [0, 0.05) is 5.92 Å². The summed E-state index contributed by atoms with van der Waals surface area (Å²) in [4.78, 5) is 0. The van der Waals surface area contributed by atoms with E-state index in [1.54, 1.807) is 17.0 Å². The van der Waals surface area contributed by atoms with Crippen LogP contribution in [0.1, 0.15) is 122 Å². The Morgan fingerprint density at radius 2 is 1.12 bits per heavy atom. The van der Waals surface area contributed by atoms with Gasteiger partial charge in [0.05, 0.1) is 0 Å². The molecule has 0 N–H and O–H groups in total. The molecule has 0 saturated heterocycles. The van der Waals surface area contributed by atoms with Crippen LogP contribution in [0.4, 0.5) is 0 Å². The van der Waals surface area contributed by atoms with Crippen LogP contribution in [-0.4, -0.2) is 0 Å². The zero-order valence-corrected chi connectivity index (χ0v) is 17.4. The van der Waals surface area contributed by atoms with Gasteiger partial charge in [0.25, 0.3) is 0 Å². The normalized spacial score (nSPS) is 11.4. The van der Waals surface area contributed by atoms with Gasteiger partial charge < -0.3 is 0 Å². The van der Waals surface area contributed by atoms with Crippen LogP contribution in [0.5, 0.6) is 0 Å². The average Bonchev–Trinajstić information content (AvgIpc) is 2.64. The monoisotopic (exact) mass is 343 g/mol. The largest absolute Gasteiger partial charge is 0.0654 e. The molecule has 1 aromatic carbocycles. The van der Waals surface area contributed by atoms with Crippen molar-refractivity contribution in [1.82, 2.24) is 0 Å². The van der Waals surface area contributed by atoms with Crippen LogP contribution in [0.2, 0.25) is 0 Å². The average molecular weight is 344 g/mol. The molecule has 143 valence electrons. The summed E-state index contributed by atoms with van der Waals surface area (Å²) in [6.07, 6.45) is 20.3. The zero-order valence-electron chi connectivity index (χ0n) is 17.4. The molecule has 0 saturated carbocycles. The van der Waals surface area contributed by atoms with Crippen LogP contribution in [0.25, 0.3) is 0 Å². The first-order valence-electron chi connectivity index (χ1n) is 11.3. The maximum Gasteiger partial charge on any atom is 0.00526 e. The number of hydrogen-bond acceptors (Lipinski definition) is 0. The summed E-state index contributed by atoms with van der Waals surface area (Å²) in [7, 11) is 0. The molecule has 0 heteroatoms. The molecular weight excluding hydrogens is 300 g/mol. The lowest BCUT2D eigenvalue weighted by Crippen LogP contribution is -2.05. The molecule has 0 aromatic heterocycles. The zero-order chi connectivity index (χ0) is 18.2. The Hall–Kier alpha value is -0.780. The Kier molecular flexibility index (Phi) is 13.8. The fourth-order valence-corrected chi connectivity index (χ4v) is 3.75. The van der Waals surface area contributed by atoms with Crippen molar-refractivity contribution in [2.24, 2.45) is 0 Å². The highest BCUT2D eigenvalue weighted by Gasteiger charge is 2.15. The number of benzene rings is 1. The molecular formula is C25H43. The topological polar surface area (TPSA) is 0 Å². The smallest absolute Gasteiger partial charge is 0.00526 e. The van der Waals surface area contributed by atoms with E-state index in [9.17, 15) is 0 Å². The predicted octanol–water partition coefficient (Wildman–Crippen LogP) is 8.67. The fourth-order valence-electron chi connectivity index (χ4n) is 3.75. The highest BCUT2D eigenvalue weighted by atomic mass is 14.2. The number of aryl methyl sites for hydroxylation is 1. The van der Waals surface area contributed by atoms with Gasteiger partial charge in [0.1, 0.15) is 0 Å². The Morgan fingerprint density at radius 1 is 0.600 bits per heavy atom. The second-order valence-electron chi connectivity index (χ2n) is 7.69. The van der Waals surface area contributed by atoms with Crippen LogP contribution in [-0.2, 0) is 6.42 Å². The Morgan fingerprint density at radius 3 is 1.68 bits per heavy atom. The van der Waals surface area contributed by atoms with E-state index in [2.05, 4.69) is 45.0 Å². The molecule has 0 heterocycles. The maximum atomic E-state index is 2.41. The summed E-state index contributed by atoms with van der Waals surface area (Å²) < 4.78 is 0. The SMILES string of the molecule is CCCCCC[C](CCCCCC)c1ccccc1CCCCCC. The van der Waals surface area contributed by atoms with E-state index in [0.29, 0.717) is 0 Å². The summed E-state index contributed by atoms with van der Waals surface area (Å²) in [6, 6.07) is 9.29. The molecule has 0 unspecified atom stereocenters. The van der Waals surface area contributed by atoms with E-state index in [1.807, 2.05) is 0 Å². The minimum absolute atomic E-state index is 1.27. The van der Waals surface area contributed by atoms with Crippen LogP contribution in [0, 0.1) is 5.92 Å². The van der Waals surface area contributed by atoms with Crippen LogP contribution in [0.15, 0.2) is 24.3 Å². The number of rotatable bonds is 16. The first kappa shape index (κ1) is 22.3. The van der Waals surface area contributed by atoms with Gasteiger partial charge in [-0.15, -0.1) is 0 Å². The minimum atomic E-state index is 1.27. The molecule has 25 heavy (non-hydrogen) atoms. The van der Waals surface area contributed by atoms with Crippen molar-refractivity contribution < 1.29 is 0 Å². The van der Waals surface area contributed by atoms with E-state index in [1.165, 1.54) is 96.3 Å². The Balaban J connectivity index is 2.66. The fraction of sp³-hybridized carbons (Fsp3) is 0.720. The van der Waals surface area contributed by atoms with Crippen molar-refractivity contribution in [3.63, 3.8) is 0 Å². The Labute approximate surface area is 158 Å². The molecule has 1 aromatic rings. The van der Waals surface area contributed by atoms with Crippen molar-refractivity contribution in [2.75, 3.05) is 0 Å².